The predicted molar refractivity (Wildman–Crippen MR) is 534 cm³/mol. The Balaban J connectivity index is 0.000000162. The average Bonchev–Trinajstić information content (AvgIpc) is 1.60. The van der Waals surface area contributed by atoms with E-state index in [9.17, 15) is 47.9 Å². The van der Waals surface area contributed by atoms with Crippen LogP contribution in [0.3, 0.4) is 0 Å². The average molecular weight is 1860 g/mol. The second kappa shape index (κ2) is 46.7. The Morgan fingerprint density at radius 2 is 0.640 bits per heavy atom. The smallest absolute Gasteiger partial charge is 0.246 e. The summed E-state index contributed by atoms with van der Waals surface area (Å²) in [5.74, 6) is 1.83. The second-order valence-electron chi connectivity index (χ2n) is 35.9. The van der Waals surface area contributed by atoms with Crippen LogP contribution in [0.15, 0.2) is 144 Å². The van der Waals surface area contributed by atoms with Crippen LogP contribution in [-0.4, -0.2) is 265 Å². The molecule has 17 heterocycles. The molecule has 5 amide bonds. The molecule has 34 heteroatoms. The minimum absolute atomic E-state index is 0. The molecule has 0 aromatic carbocycles. The number of ether oxygens (including phenoxy) is 2. The maximum atomic E-state index is 13.0. The van der Waals surface area contributed by atoms with Crippen LogP contribution >= 0.6 is 0 Å². The number of H-pyrrole nitrogens is 5. The van der Waals surface area contributed by atoms with Crippen molar-refractivity contribution >= 4 is 142 Å². The molecule has 10 aliphatic rings. The van der Waals surface area contributed by atoms with E-state index in [1.807, 2.05) is 34.9 Å². The molecule has 10 N–H and O–H groups in total. The van der Waals surface area contributed by atoms with Crippen LogP contribution in [0.4, 0.5) is 28.7 Å². The van der Waals surface area contributed by atoms with Gasteiger partial charge in [0.05, 0.1) is 40.1 Å². The molecule has 20 rings (SSSR count). The van der Waals surface area contributed by atoms with Crippen LogP contribution in [0, 0.1) is 29.1 Å². The van der Waals surface area contributed by atoms with Crippen molar-refractivity contribution in [1.29, 1.82) is 0 Å². The number of carbonyl (C=O) groups excluding carboxylic acids is 10. The molecule has 726 valence electrons. The fraction of sp³-hybridized carbons (Fsp3) is 0.480. The van der Waals surface area contributed by atoms with Gasteiger partial charge in [0.1, 0.15) is 52.5 Å². The minimum Gasteiger partial charge on any atom is -0.381 e. The number of fused-ring (bicyclic) bond motifs is 5. The highest BCUT2D eigenvalue weighted by molar-refractivity contribution is 6.16. The van der Waals surface area contributed by atoms with E-state index >= 15 is 0 Å². The second-order valence-corrected chi connectivity index (χ2v) is 35.9. The molecule has 10 aromatic heterocycles. The number of hydrogen-bond donors (Lipinski definition) is 10. The number of aromatic amines is 5. The first-order valence-electron chi connectivity index (χ1n) is 46.0. The number of Topliss-reactive ketones (excluding diaryl/α,β-unsaturated/α-hetero) is 5. The number of carbonyl (C=O) groups is 10. The van der Waals surface area contributed by atoms with Crippen LogP contribution < -0.4 is 26.6 Å². The van der Waals surface area contributed by atoms with Crippen molar-refractivity contribution in [2.24, 2.45) is 29.1 Å². The molecule has 3 aliphatic carbocycles. The van der Waals surface area contributed by atoms with Gasteiger partial charge < -0.3 is 85.5 Å². The first-order chi connectivity index (χ1) is 63.7. The Morgan fingerprint density at radius 1 is 0.346 bits per heavy atom. The number of hydrogen-bond acceptors (Lipinski definition) is 24. The number of rotatable bonds is 25. The molecular weight excluding hydrogens is 1730 g/mol. The Morgan fingerprint density at radius 3 is 0.963 bits per heavy atom. The zero-order valence-electron chi connectivity index (χ0n) is 74.2. The van der Waals surface area contributed by atoms with Crippen LogP contribution in [0.2, 0.25) is 0 Å². The van der Waals surface area contributed by atoms with Gasteiger partial charge in [-0.2, -0.15) is 0 Å². The van der Waals surface area contributed by atoms with E-state index in [0.717, 1.165) is 216 Å². The highest BCUT2D eigenvalue weighted by Gasteiger charge is 2.46. The maximum absolute atomic E-state index is 13.0. The molecule has 0 radical (unpaired) electrons. The van der Waals surface area contributed by atoms with Crippen LogP contribution in [0.1, 0.15) is 218 Å². The van der Waals surface area contributed by atoms with E-state index in [-0.39, 0.29) is 155 Å². The number of nitrogens with zero attached hydrogens (tertiary/aromatic N) is 12. The van der Waals surface area contributed by atoms with Crippen molar-refractivity contribution in [1.82, 2.24) is 84.3 Å². The van der Waals surface area contributed by atoms with Crippen molar-refractivity contribution in [3.8, 4) is 0 Å². The molecule has 0 spiro atoms. The molecule has 0 bridgehead atoms. The fourth-order valence-electron chi connectivity index (χ4n) is 19.2. The number of amides is 5. The van der Waals surface area contributed by atoms with Crippen LogP contribution in [-0.2, 0) is 33.4 Å². The number of anilines is 5. The molecule has 10 aromatic rings. The first kappa shape index (κ1) is 103. The highest BCUT2D eigenvalue weighted by atomic mass is 16.5. The third-order valence-corrected chi connectivity index (χ3v) is 26.9. The van der Waals surface area contributed by atoms with Gasteiger partial charge in [-0.15, -0.1) is 0 Å². The first-order valence-corrected chi connectivity index (χ1v) is 46.0. The van der Waals surface area contributed by atoms with Crippen LogP contribution in [0.25, 0.3) is 55.2 Å². The number of piperidine rings is 4. The van der Waals surface area contributed by atoms with Gasteiger partial charge in [-0.05, 0) is 158 Å². The standard InChI is InChI=1S/C21H26N4O2.C20H24N4O2.2C19H23N5O3.C18H20N4O2.5CH4/c1-2-18(26)25-11-5-8-15(13-25)24-17-9-10-22-21-19(17)16(12-23-21)20(27)14-6-3-4-7-14;1-3-16(25)24-10-4-5-13(12-24)23-15-6-9-21-19-17(15)14(11-22-19)18(26)20(2)7-8-20;2*1-2-15(25)24-6-3-4-13(9-24)23-19-16-14(8-20-18(16)21-11-22-19)17(26)12-5-7-27-10-12;1-2-15(23)22-8-6-12(10-22)21-14-5-7-19-18-16(14)13(9-20-18)17(24)11-3-4-11;;;;;/h2,9-10,12,14-15H,1,3-8,11,13H2,(H2,22,23,24);3,6,9,11,13H,1,4-5,7-8,10,12H2,2H3,(H2,21,22,23);2*2,8,11-13H,1,3-7,9-10H2,(H2,20,21,22,23);2,5,7,9,11-12H,1,3-4,6,8,10H2,(H2,19,20,21);5*1H4/t15-;13-;12-,13+;12-,13-;12-;;;;;/m11011...../s1. The van der Waals surface area contributed by atoms with Crippen molar-refractivity contribution < 1.29 is 57.4 Å². The van der Waals surface area contributed by atoms with Crippen molar-refractivity contribution in [3.05, 3.63) is 172 Å². The normalized spacial score (nSPS) is 20.8. The Labute approximate surface area is 795 Å². The van der Waals surface area contributed by atoms with Gasteiger partial charge in [0.25, 0.3) is 0 Å². The molecule has 7 aliphatic heterocycles. The minimum atomic E-state index is -0.222. The lowest BCUT2D eigenvalue weighted by atomic mass is 9.95. The van der Waals surface area contributed by atoms with Gasteiger partial charge >= 0.3 is 0 Å². The largest absolute Gasteiger partial charge is 0.381 e. The van der Waals surface area contributed by atoms with Crippen molar-refractivity contribution in [2.45, 2.75) is 196 Å². The Hall–Kier alpha value is -13.4. The quantitative estimate of drug-likeness (QED) is 0.0188. The lowest BCUT2D eigenvalue weighted by Crippen LogP contribution is -2.44. The molecular formula is C102H136N22O12. The third kappa shape index (κ3) is 23.4. The van der Waals surface area contributed by atoms with E-state index in [0.29, 0.717) is 110 Å². The predicted octanol–water partition coefficient (Wildman–Crippen LogP) is 15.7. The number of nitrogens with one attached hydrogen (secondary N) is 10. The fourth-order valence-corrected chi connectivity index (χ4v) is 19.2. The summed E-state index contributed by atoms with van der Waals surface area (Å²) in [5.41, 5.74) is 9.30. The number of ketones is 5. The monoisotopic (exact) mass is 1860 g/mol. The van der Waals surface area contributed by atoms with Gasteiger partial charge in [-0.1, -0.05) is 89.8 Å². The van der Waals surface area contributed by atoms with Gasteiger partial charge in [0, 0.05) is 232 Å². The molecule has 10 fully saturated rings. The summed E-state index contributed by atoms with van der Waals surface area (Å²) in [6.07, 6.45) is 41.7. The molecule has 34 nitrogen and oxygen atoms in total. The summed E-state index contributed by atoms with van der Waals surface area (Å²) in [6, 6.07) is 6.33. The number of aromatic nitrogens is 12. The summed E-state index contributed by atoms with van der Waals surface area (Å²) in [6.45, 7) is 28.8. The summed E-state index contributed by atoms with van der Waals surface area (Å²) in [4.78, 5) is 179. The summed E-state index contributed by atoms with van der Waals surface area (Å²) >= 11 is 0. The van der Waals surface area contributed by atoms with Gasteiger partial charge in [0.15, 0.2) is 28.9 Å². The molecule has 7 saturated heterocycles. The summed E-state index contributed by atoms with van der Waals surface area (Å²) < 4.78 is 10.7. The molecule has 3 saturated carbocycles. The summed E-state index contributed by atoms with van der Waals surface area (Å²) in [5, 5.41) is 21.5. The lowest BCUT2D eigenvalue weighted by Gasteiger charge is -2.33. The number of pyridine rings is 3. The Kier molecular flexibility index (Phi) is 35.4. The van der Waals surface area contributed by atoms with Crippen molar-refractivity contribution in [3.63, 3.8) is 0 Å². The summed E-state index contributed by atoms with van der Waals surface area (Å²) in [7, 11) is 0. The van der Waals surface area contributed by atoms with E-state index in [2.05, 4.69) is 119 Å². The topological polar surface area (TPSA) is 435 Å². The number of likely N-dealkylation sites (tertiary alicyclic amines) is 5. The third-order valence-electron chi connectivity index (χ3n) is 26.9. The van der Waals surface area contributed by atoms with Gasteiger partial charge in [-0.3, -0.25) is 47.9 Å². The SMILES string of the molecule is C.C.C.C.C.C=CC(=O)N1CCC[C@@H](Nc2ccnc3[nH]cc(C(=O)C4(C)CC4)c23)C1.C=CC(=O)N1CCC[C@@H](Nc2ccnc3[nH]cc(C(=O)C4CCCC4)c23)C1.C=CC(=O)N1CCC[C@@H](Nc2ncnc3[nH]cc(C(=O)[C@@H]4CCOC4)c23)C1.C=CC(=O)N1CCC[C@@H](Nc2ncnc3[nH]cc(C(=O)[C@H]4CCOC4)c23)C1.C=CC(=O)N1CC[C@@H](Nc2ccnc3[nH]cc(C(=O)C4CC4)c23)C1. The molecule has 7 atom stereocenters. The molecule has 136 heavy (non-hydrogen) atoms. The maximum Gasteiger partial charge on any atom is 0.246 e. The zero-order chi connectivity index (χ0) is 91.4. The lowest BCUT2D eigenvalue weighted by molar-refractivity contribution is -0.127. The van der Waals surface area contributed by atoms with Crippen LogP contribution in [0.5, 0.6) is 0 Å². The van der Waals surface area contributed by atoms with Crippen molar-refractivity contribution in [2.75, 3.05) is 118 Å². The van der Waals surface area contributed by atoms with Gasteiger partial charge in [-0.25, -0.2) is 34.9 Å². The highest BCUT2D eigenvalue weighted by Crippen LogP contribution is 2.49. The van der Waals surface area contributed by atoms with E-state index in [4.69, 9.17) is 9.47 Å². The Bertz CT molecular complexity index is 5630. The van der Waals surface area contributed by atoms with E-state index < -0.39 is 0 Å². The van der Waals surface area contributed by atoms with E-state index in [1.165, 1.54) is 43.0 Å². The van der Waals surface area contributed by atoms with E-state index in [1.54, 1.807) is 64.3 Å². The molecule has 0 unspecified atom stereocenters. The zero-order valence-corrected chi connectivity index (χ0v) is 74.2. The van der Waals surface area contributed by atoms with Gasteiger partial charge in [0.2, 0.25) is 29.5 Å².